The Kier molecular flexibility index (Phi) is 2.64. The van der Waals surface area contributed by atoms with Crippen molar-refractivity contribution in [2.24, 2.45) is 14.1 Å². The number of hydrogen-bond donors (Lipinski definition) is 1. The van der Waals surface area contributed by atoms with Gasteiger partial charge in [-0.1, -0.05) is 11.6 Å². The molecule has 1 aromatic carbocycles. The maximum atomic E-state index is 11.4. The number of benzene rings is 1. The molecule has 1 N–H and O–H groups in total. The quantitative estimate of drug-likeness (QED) is 0.778. The number of hydrogen-bond acceptors (Lipinski definition) is 2. The Bertz CT molecular complexity index is 827. The first-order chi connectivity index (χ1) is 9.49. The summed E-state index contributed by atoms with van der Waals surface area (Å²) in [7, 11) is 3.72. The van der Waals surface area contributed by atoms with Crippen LogP contribution in [0.4, 0.5) is 0 Å². The average molecular weight is 269 g/mol. The molecule has 3 rings (SSSR count). The van der Waals surface area contributed by atoms with E-state index in [-0.39, 0.29) is 5.56 Å². The van der Waals surface area contributed by atoms with E-state index in [2.05, 4.69) is 11.2 Å². The highest BCUT2D eigenvalue weighted by Crippen LogP contribution is 2.32. The van der Waals surface area contributed by atoms with Gasteiger partial charge in [-0.15, -0.1) is 0 Å². The van der Waals surface area contributed by atoms with Crippen LogP contribution >= 0.6 is 0 Å². The highest BCUT2D eigenvalue weighted by Gasteiger charge is 2.20. The number of aryl methyl sites for hydroxylation is 3. The zero-order valence-corrected chi connectivity index (χ0v) is 11.6. The minimum atomic E-state index is -0.960. The van der Waals surface area contributed by atoms with E-state index in [0.717, 1.165) is 22.0 Å². The van der Waals surface area contributed by atoms with Gasteiger partial charge in [0.05, 0.1) is 11.9 Å². The Morgan fingerprint density at radius 3 is 2.75 bits per heavy atom. The van der Waals surface area contributed by atoms with E-state index in [0.29, 0.717) is 5.69 Å². The number of rotatable bonds is 2. The van der Waals surface area contributed by atoms with E-state index in [9.17, 15) is 9.90 Å². The van der Waals surface area contributed by atoms with Gasteiger partial charge in [-0.05, 0) is 19.1 Å². The summed E-state index contributed by atoms with van der Waals surface area (Å²) in [5.74, 6) is -0.960. The number of carboxylic acid groups (broad SMARTS) is 1. The highest BCUT2D eigenvalue weighted by molar-refractivity contribution is 6.02. The number of fused-ring (bicyclic) bond motifs is 1. The Balaban J connectivity index is 2.38. The largest absolute Gasteiger partial charge is 0.478 e. The lowest BCUT2D eigenvalue weighted by Crippen LogP contribution is -2.00. The smallest absolute Gasteiger partial charge is 0.339 e. The van der Waals surface area contributed by atoms with Gasteiger partial charge in [0.1, 0.15) is 5.56 Å². The molecule has 0 atom stereocenters. The maximum Gasteiger partial charge on any atom is 0.339 e. The van der Waals surface area contributed by atoms with Crippen LogP contribution in [0.1, 0.15) is 15.9 Å². The van der Waals surface area contributed by atoms with Gasteiger partial charge in [0.15, 0.2) is 0 Å². The second-order valence-corrected chi connectivity index (χ2v) is 5.01. The molecule has 0 aliphatic rings. The fourth-order valence-corrected chi connectivity index (χ4v) is 2.61. The van der Waals surface area contributed by atoms with E-state index in [1.807, 2.05) is 36.9 Å². The first-order valence-electron chi connectivity index (χ1n) is 6.30. The van der Waals surface area contributed by atoms with Crippen LogP contribution in [0, 0.1) is 6.92 Å². The summed E-state index contributed by atoms with van der Waals surface area (Å²) in [6, 6.07) is 6.17. The van der Waals surface area contributed by atoms with Crippen LogP contribution in [0.15, 0.2) is 30.6 Å². The molecule has 5 heteroatoms. The molecule has 0 radical (unpaired) electrons. The zero-order chi connectivity index (χ0) is 14.4. The fourth-order valence-electron chi connectivity index (χ4n) is 2.61. The van der Waals surface area contributed by atoms with Crippen molar-refractivity contribution in [3.05, 3.63) is 41.7 Å². The number of nitrogens with zero attached hydrogens (tertiary/aromatic N) is 3. The van der Waals surface area contributed by atoms with Gasteiger partial charge >= 0.3 is 5.97 Å². The van der Waals surface area contributed by atoms with Crippen LogP contribution in [0.2, 0.25) is 0 Å². The predicted octanol–water partition coefficient (Wildman–Crippen LogP) is 2.59. The van der Waals surface area contributed by atoms with Crippen molar-refractivity contribution in [1.29, 1.82) is 0 Å². The highest BCUT2D eigenvalue weighted by atomic mass is 16.4. The summed E-state index contributed by atoms with van der Waals surface area (Å²) in [4.78, 5) is 11.4. The SMILES string of the molecule is Cc1ccc2c(c1)c(-c1c(C(=O)O)cnn1C)cn2C. The lowest BCUT2D eigenvalue weighted by atomic mass is 10.1. The van der Waals surface area contributed by atoms with Gasteiger partial charge in [-0.25, -0.2) is 4.79 Å². The maximum absolute atomic E-state index is 11.4. The Labute approximate surface area is 116 Å². The molecule has 0 spiro atoms. The molecule has 20 heavy (non-hydrogen) atoms. The van der Waals surface area contributed by atoms with Crippen molar-refractivity contribution in [2.75, 3.05) is 0 Å². The summed E-state index contributed by atoms with van der Waals surface area (Å²) in [5.41, 5.74) is 3.96. The molecule has 0 fully saturated rings. The average Bonchev–Trinajstić information content (AvgIpc) is 2.90. The number of carboxylic acids is 1. The van der Waals surface area contributed by atoms with Crippen LogP contribution in [-0.4, -0.2) is 25.4 Å². The molecule has 2 aromatic heterocycles. The first kappa shape index (κ1) is 12.5. The van der Waals surface area contributed by atoms with Gasteiger partial charge in [0.2, 0.25) is 0 Å². The molecule has 0 amide bonds. The van der Waals surface area contributed by atoms with Crippen molar-refractivity contribution in [2.45, 2.75) is 6.92 Å². The van der Waals surface area contributed by atoms with Crippen molar-refractivity contribution >= 4 is 16.9 Å². The molecule has 0 aliphatic heterocycles. The summed E-state index contributed by atoms with van der Waals surface area (Å²) in [6.07, 6.45) is 3.35. The second kappa shape index (κ2) is 4.23. The summed E-state index contributed by atoms with van der Waals surface area (Å²) in [6.45, 7) is 2.03. The van der Waals surface area contributed by atoms with Gasteiger partial charge < -0.3 is 9.67 Å². The van der Waals surface area contributed by atoms with Crippen molar-refractivity contribution in [3.63, 3.8) is 0 Å². The lowest BCUT2D eigenvalue weighted by molar-refractivity contribution is 0.0697. The van der Waals surface area contributed by atoms with Crippen LogP contribution in [0.5, 0.6) is 0 Å². The predicted molar refractivity (Wildman–Crippen MR) is 76.8 cm³/mol. The minimum absolute atomic E-state index is 0.224. The Hall–Kier alpha value is -2.56. The van der Waals surface area contributed by atoms with E-state index < -0.39 is 5.97 Å². The molecular weight excluding hydrogens is 254 g/mol. The van der Waals surface area contributed by atoms with E-state index in [4.69, 9.17) is 0 Å². The summed E-state index contributed by atoms with van der Waals surface area (Å²) < 4.78 is 3.61. The van der Waals surface area contributed by atoms with Crippen molar-refractivity contribution in [1.82, 2.24) is 14.3 Å². The molecule has 3 aromatic rings. The Morgan fingerprint density at radius 1 is 1.30 bits per heavy atom. The van der Waals surface area contributed by atoms with Crippen molar-refractivity contribution in [3.8, 4) is 11.3 Å². The van der Waals surface area contributed by atoms with Gasteiger partial charge in [-0.3, -0.25) is 4.68 Å². The Morgan fingerprint density at radius 2 is 2.05 bits per heavy atom. The third-order valence-corrected chi connectivity index (χ3v) is 3.57. The van der Waals surface area contributed by atoms with E-state index in [1.165, 1.54) is 6.20 Å². The molecule has 0 saturated carbocycles. The molecule has 0 saturated heterocycles. The molecule has 5 nitrogen and oxygen atoms in total. The van der Waals surface area contributed by atoms with Gasteiger partial charge in [0, 0.05) is 36.8 Å². The summed E-state index contributed by atoms with van der Waals surface area (Å²) >= 11 is 0. The monoisotopic (exact) mass is 269 g/mol. The zero-order valence-electron chi connectivity index (χ0n) is 11.6. The molecule has 102 valence electrons. The third kappa shape index (κ3) is 1.71. The number of aromatic nitrogens is 3. The molecular formula is C15H15N3O2. The van der Waals surface area contributed by atoms with Crippen molar-refractivity contribution < 1.29 is 9.90 Å². The number of carbonyl (C=O) groups is 1. The van der Waals surface area contributed by atoms with Crippen LogP contribution < -0.4 is 0 Å². The van der Waals surface area contributed by atoms with Crippen LogP contribution in [-0.2, 0) is 14.1 Å². The van der Waals surface area contributed by atoms with E-state index in [1.54, 1.807) is 11.7 Å². The molecule has 0 aliphatic carbocycles. The topological polar surface area (TPSA) is 60.0 Å². The van der Waals surface area contributed by atoms with Gasteiger partial charge in [-0.2, -0.15) is 5.10 Å². The normalized spacial score (nSPS) is 11.2. The first-order valence-corrected chi connectivity index (χ1v) is 6.30. The standard InChI is InChI=1S/C15H15N3O2/c1-9-4-5-13-10(6-9)12(8-17(13)2)14-11(15(19)20)7-16-18(14)3/h4-8H,1-3H3,(H,19,20). The van der Waals surface area contributed by atoms with E-state index >= 15 is 0 Å². The lowest BCUT2D eigenvalue weighted by Gasteiger charge is -2.03. The number of aromatic carboxylic acids is 1. The van der Waals surface area contributed by atoms with Gasteiger partial charge in [0.25, 0.3) is 0 Å². The molecule has 0 unspecified atom stereocenters. The summed E-state index contributed by atoms with van der Waals surface area (Å²) in [5, 5.41) is 14.4. The fraction of sp³-hybridized carbons (Fsp3) is 0.200. The van der Waals surface area contributed by atoms with Crippen LogP contribution in [0.25, 0.3) is 22.2 Å². The molecule has 2 heterocycles. The molecule has 0 bridgehead atoms. The third-order valence-electron chi connectivity index (χ3n) is 3.57. The minimum Gasteiger partial charge on any atom is -0.478 e. The second-order valence-electron chi connectivity index (χ2n) is 5.01. The van der Waals surface area contributed by atoms with Crippen LogP contribution in [0.3, 0.4) is 0 Å².